The minimum atomic E-state index is 0.347. The molecule has 0 aliphatic heterocycles. The molecule has 0 saturated heterocycles. The van der Waals surface area contributed by atoms with E-state index in [-0.39, 0.29) is 0 Å². The molecular weight excluding hydrogens is 224 g/mol. The molecule has 1 N–H and O–H groups in total. The zero-order valence-electron chi connectivity index (χ0n) is 12.6. The molecule has 0 fully saturated rings. The van der Waals surface area contributed by atoms with Crippen LogP contribution >= 0.6 is 0 Å². The van der Waals surface area contributed by atoms with Gasteiger partial charge in [0.25, 0.3) is 0 Å². The molecule has 18 heavy (non-hydrogen) atoms. The van der Waals surface area contributed by atoms with Crippen LogP contribution in [0.1, 0.15) is 78.1 Å². The van der Waals surface area contributed by atoms with Gasteiger partial charge in [-0.25, -0.2) is 0 Å². The standard InChI is InChI=1S/C16H34O2/c1-16(2)12-8-7-11-15-18-14-10-6-4-3-5-9-13-17/h16-17H,3-15H2,1-2H3. The van der Waals surface area contributed by atoms with Crippen LogP contribution in [0.4, 0.5) is 0 Å². The summed E-state index contributed by atoms with van der Waals surface area (Å²) in [5, 5.41) is 8.64. The molecule has 0 aromatic heterocycles. The van der Waals surface area contributed by atoms with Crippen molar-refractivity contribution in [3.05, 3.63) is 0 Å². The molecule has 0 atom stereocenters. The van der Waals surface area contributed by atoms with Gasteiger partial charge in [-0.3, -0.25) is 0 Å². The minimum absolute atomic E-state index is 0.347. The van der Waals surface area contributed by atoms with E-state index >= 15 is 0 Å². The number of hydrogen-bond acceptors (Lipinski definition) is 2. The summed E-state index contributed by atoms with van der Waals surface area (Å²) in [7, 11) is 0. The maximum atomic E-state index is 8.64. The largest absolute Gasteiger partial charge is 0.396 e. The average Bonchev–Trinajstić information content (AvgIpc) is 2.34. The average molecular weight is 258 g/mol. The number of ether oxygens (including phenoxy) is 1. The molecule has 0 amide bonds. The fourth-order valence-electron chi connectivity index (χ4n) is 2.06. The lowest BCUT2D eigenvalue weighted by molar-refractivity contribution is 0.125. The highest BCUT2D eigenvalue weighted by molar-refractivity contribution is 4.48. The summed E-state index contributed by atoms with van der Waals surface area (Å²) < 4.78 is 5.63. The van der Waals surface area contributed by atoms with E-state index in [1.165, 1.54) is 57.8 Å². The fraction of sp³-hybridized carbons (Fsp3) is 1.00. The molecule has 0 aromatic rings. The highest BCUT2D eigenvalue weighted by atomic mass is 16.5. The Hall–Kier alpha value is -0.0800. The van der Waals surface area contributed by atoms with Crippen LogP contribution in [0, 0.1) is 5.92 Å². The van der Waals surface area contributed by atoms with E-state index in [1.807, 2.05) is 0 Å². The smallest absolute Gasteiger partial charge is 0.0466 e. The number of unbranched alkanes of at least 4 members (excludes halogenated alkanes) is 7. The van der Waals surface area contributed by atoms with Gasteiger partial charge in [-0.15, -0.1) is 0 Å². The highest BCUT2D eigenvalue weighted by Crippen LogP contribution is 2.08. The van der Waals surface area contributed by atoms with Crippen molar-refractivity contribution in [3.8, 4) is 0 Å². The van der Waals surface area contributed by atoms with Gasteiger partial charge in [-0.05, 0) is 25.2 Å². The zero-order chi connectivity index (χ0) is 13.5. The van der Waals surface area contributed by atoms with Gasteiger partial charge in [0.2, 0.25) is 0 Å². The fourth-order valence-corrected chi connectivity index (χ4v) is 2.06. The normalized spacial score (nSPS) is 11.3. The first-order valence-electron chi connectivity index (χ1n) is 7.96. The van der Waals surface area contributed by atoms with E-state index in [1.54, 1.807) is 0 Å². The zero-order valence-corrected chi connectivity index (χ0v) is 12.6. The molecule has 0 saturated carbocycles. The Morgan fingerprint density at radius 2 is 1.22 bits per heavy atom. The number of aliphatic hydroxyl groups is 1. The molecular formula is C16H34O2. The van der Waals surface area contributed by atoms with Gasteiger partial charge in [-0.2, -0.15) is 0 Å². The summed E-state index contributed by atoms with van der Waals surface area (Å²) in [6.45, 7) is 6.81. The molecule has 0 radical (unpaired) electrons. The van der Waals surface area contributed by atoms with Crippen LogP contribution in [0.25, 0.3) is 0 Å². The maximum Gasteiger partial charge on any atom is 0.0466 e. The topological polar surface area (TPSA) is 29.5 Å². The van der Waals surface area contributed by atoms with Gasteiger partial charge in [0.05, 0.1) is 0 Å². The Balaban J connectivity index is 2.90. The third kappa shape index (κ3) is 15.9. The Kier molecular flexibility index (Phi) is 14.9. The van der Waals surface area contributed by atoms with Gasteiger partial charge >= 0.3 is 0 Å². The molecule has 110 valence electrons. The molecule has 0 aliphatic carbocycles. The van der Waals surface area contributed by atoms with Crippen molar-refractivity contribution in [2.24, 2.45) is 5.92 Å². The van der Waals surface area contributed by atoms with E-state index in [2.05, 4.69) is 13.8 Å². The van der Waals surface area contributed by atoms with Crippen LogP contribution in [-0.4, -0.2) is 24.9 Å². The first-order valence-corrected chi connectivity index (χ1v) is 7.96. The van der Waals surface area contributed by atoms with Crippen LogP contribution in [0.2, 0.25) is 0 Å². The summed E-state index contributed by atoms with van der Waals surface area (Å²) in [6, 6.07) is 0. The van der Waals surface area contributed by atoms with E-state index in [4.69, 9.17) is 9.84 Å². The van der Waals surface area contributed by atoms with Gasteiger partial charge in [0.15, 0.2) is 0 Å². The van der Waals surface area contributed by atoms with Crippen LogP contribution < -0.4 is 0 Å². The van der Waals surface area contributed by atoms with Crippen molar-refractivity contribution in [2.75, 3.05) is 19.8 Å². The number of rotatable bonds is 14. The van der Waals surface area contributed by atoms with Crippen molar-refractivity contribution in [2.45, 2.75) is 78.1 Å². The molecule has 0 heterocycles. The quantitative estimate of drug-likeness (QED) is 0.463. The Bertz CT molecular complexity index is 146. The van der Waals surface area contributed by atoms with Crippen LogP contribution in [0.3, 0.4) is 0 Å². The molecule has 0 unspecified atom stereocenters. The van der Waals surface area contributed by atoms with Crippen LogP contribution in [0.15, 0.2) is 0 Å². The molecule has 0 aromatic carbocycles. The molecule has 0 bridgehead atoms. The maximum absolute atomic E-state index is 8.64. The minimum Gasteiger partial charge on any atom is -0.396 e. The second kappa shape index (κ2) is 15.0. The van der Waals surface area contributed by atoms with E-state index in [9.17, 15) is 0 Å². The van der Waals surface area contributed by atoms with E-state index < -0.39 is 0 Å². The predicted octanol–water partition coefficient (Wildman–Crippen LogP) is 4.55. The molecule has 0 rings (SSSR count). The van der Waals surface area contributed by atoms with Crippen molar-refractivity contribution >= 4 is 0 Å². The molecule has 2 heteroatoms. The Morgan fingerprint density at radius 3 is 1.78 bits per heavy atom. The first-order chi connectivity index (χ1) is 8.77. The van der Waals surface area contributed by atoms with Gasteiger partial charge < -0.3 is 9.84 Å². The Labute approximate surface area is 114 Å². The lowest BCUT2D eigenvalue weighted by Gasteiger charge is -2.06. The first kappa shape index (κ1) is 17.9. The van der Waals surface area contributed by atoms with Crippen molar-refractivity contribution in [3.63, 3.8) is 0 Å². The van der Waals surface area contributed by atoms with E-state index in [0.29, 0.717) is 6.61 Å². The second-order valence-corrected chi connectivity index (χ2v) is 5.70. The van der Waals surface area contributed by atoms with Crippen molar-refractivity contribution < 1.29 is 9.84 Å². The van der Waals surface area contributed by atoms with Crippen LogP contribution in [-0.2, 0) is 4.74 Å². The van der Waals surface area contributed by atoms with Gasteiger partial charge in [0.1, 0.15) is 0 Å². The SMILES string of the molecule is CC(C)CCCCCOCCCCCCCCO. The van der Waals surface area contributed by atoms with Crippen molar-refractivity contribution in [1.29, 1.82) is 0 Å². The Morgan fingerprint density at radius 1 is 0.722 bits per heavy atom. The number of hydrogen-bond donors (Lipinski definition) is 1. The summed E-state index contributed by atoms with van der Waals surface area (Å²) in [4.78, 5) is 0. The lowest BCUT2D eigenvalue weighted by atomic mass is 10.1. The van der Waals surface area contributed by atoms with Crippen LogP contribution in [0.5, 0.6) is 0 Å². The van der Waals surface area contributed by atoms with Gasteiger partial charge in [0, 0.05) is 19.8 Å². The third-order valence-electron chi connectivity index (χ3n) is 3.27. The summed E-state index contributed by atoms with van der Waals surface area (Å²) >= 11 is 0. The highest BCUT2D eigenvalue weighted by Gasteiger charge is 1.95. The molecule has 0 aliphatic rings. The summed E-state index contributed by atoms with van der Waals surface area (Å²) in [5.74, 6) is 0.844. The third-order valence-corrected chi connectivity index (χ3v) is 3.27. The van der Waals surface area contributed by atoms with E-state index in [0.717, 1.165) is 25.6 Å². The summed E-state index contributed by atoms with van der Waals surface area (Å²) in [6.07, 6.45) is 12.4. The van der Waals surface area contributed by atoms with Gasteiger partial charge in [-0.1, -0.05) is 58.8 Å². The molecule has 2 nitrogen and oxygen atoms in total. The van der Waals surface area contributed by atoms with Crippen molar-refractivity contribution in [1.82, 2.24) is 0 Å². The monoisotopic (exact) mass is 258 g/mol. The second-order valence-electron chi connectivity index (χ2n) is 5.70. The summed E-state index contributed by atoms with van der Waals surface area (Å²) in [5.41, 5.74) is 0. The predicted molar refractivity (Wildman–Crippen MR) is 78.9 cm³/mol. The number of aliphatic hydroxyl groups excluding tert-OH is 1. The molecule has 0 spiro atoms. The lowest BCUT2D eigenvalue weighted by Crippen LogP contribution is -1.97.